The molecule has 0 aliphatic carbocycles. The molecule has 2 unspecified atom stereocenters. The van der Waals surface area contributed by atoms with Crippen molar-refractivity contribution in [2.75, 3.05) is 0 Å². The third kappa shape index (κ3) is 6.09. The van der Waals surface area contributed by atoms with Crippen molar-refractivity contribution < 1.29 is 4.57 Å². The Morgan fingerprint density at radius 3 is 1.21 bits per heavy atom. The molecule has 0 radical (unpaired) electrons. The molecule has 272 valence electrons. The minimum atomic E-state index is -0.0171. The lowest BCUT2D eigenvalue weighted by Crippen LogP contribution is -2.67. The second-order valence-electron chi connectivity index (χ2n) is 15.8. The lowest BCUT2D eigenvalue weighted by molar-refractivity contribution is -0.765. The zero-order chi connectivity index (χ0) is 38.3. The molecule has 0 bridgehead atoms. The zero-order valence-electron chi connectivity index (χ0n) is 32.8. The summed E-state index contributed by atoms with van der Waals surface area (Å²) in [5, 5.41) is 0. The van der Waals surface area contributed by atoms with Crippen molar-refractivity contribution in [1.29, 1.82) is 0 Å². The number of hydrogen-bond donors (Lipinski definition) is 0. The lowest BCUT2D eigenvalue weighted by atomic mass is 9.60. The van der Waals surface area contributed by atoms with Gasteiger partial charge >= 0.3 is 0 Å². The Bertz CT molecular complexity index is 2590. The summed E-state index contributed by atoms with van der Waals surface area (Å²) < 4.78 is 2.55. The fraction of sp³-hybridized carbons (Fsp3) is 0.145. The molecule has 0 spiro atoms. The quantitative estimate of drug-likeness (QED) is 0.138. The second-order valence-corrected chi connectivity index (χ2v) is 15.8. The monoisotopic (exact) mass is 722 g/mol. The van der Waals surface area contributed by atoms with Gasteiger partial charge in [-0.15, -0.1) is 0 Å². The first-order chi connectivity index (χ1) is 27.4. The van der Waals surface area contributed by atoms with E-state index in [1.807, 2.05) is 0 Å². The van der Waals surface area contributed by atoms with Gasteiger partial charge in [0.05, 0.1) is 11.0 Å². The standard InChI is InChI=1S/C55H48N/c1-5-54(3)52-30-29-47(38-51(52)53-28-13-14-31-56(53)55(54,4)6-2)43-24-17-27-46(34-43)50-36-48(44-25-15-22-41(32-44)39-18-9-7-10-19-39)35-49(37-50)45-26-16-23-42(33-45)40-20-11-8-12-21-40/h7-38H,5-6H2,1-4H3/q+1. The topological polar surface area (TPSA) is 3.88 Å². The van der Waals surface area contributed by atoms with Crippen LogP contribution in [0.3, 0.4) is 0 Å². The number of benzene rings is 7. The average Bonchev–Trinajstić information content (AvgIpc) is 3.28. The minimum Gasteiger partial charge on any atom is -0.192 e. The molecule has 0 N–H and O–H groups in total. The summed E-state index contributed by atoms with van der Waals surface area (Å²) in [5.74, 6) is 0. The highest BCUT2D eigenvalue weighted by atomic mass is 15.1. The van der Waals surface area contributed by atoms with Crippen molar-refractivity contribution in [3.63, 3.8) is 0 Å². The van der Waals surface area contributed by atoms with Crippen LogP contribution in [0.15, 0.2) is 194 Å². The SMILES string of the molecule is CCC1(C)c2ccc(-c3cccc(-c4cc(-c5cccc(-c6ccccc6)c5)cc(-c5cccc(-c6ccccc6)c5)c4)c3)cc2-c2cccc[n+]2C1(C)CC. The van der Waals surface area contributed by atoms with Gasteiger partial charge in [-0.05, 0) is 134 Å². The first-order valence-corrected chi connectivity index (χ1v) is 20.1. The van der Waals surface area contributed by atoms with Crippen LogP contribution in [0.2, 0.25) is 0 Å². The molecule has 1 aliphatic heterocycles. The van der Waals surface area contributed by atoms with Gasteiger partial charge in [0, 0.05) is 25.5 Å². The van der Waals surface area contributed by atoms with Crippen molar-refractivity contribution in [1.82, 2.24) is 0 Å². The van der Waals surface area contributed by atoms with Gasteiger partial charge in [-0.1, -0.05) is 141 Å². The van der Waals surface area contributed by atoms with Crippen LogP contribution in [0.25, 0.3) is 78.0 Å². The van der Waals surface area contributed by atoms with Gasteiger partial charge in [0.15, 0.2) is 11.7 Å². The third-order valence-electron chi connectivity index (χ3n) is 12.9. The third-order valence-corrected chi connectivity index (χ3v) is 12.9. The maximum absolute atomic E-state index is 2.55. The van der Waals surface area contributed by atoms with Crippen LogP contribution in [-0.2, 0) is 11.0 Å². The van der Waals surface area contributed by atoms with Gasteiger partial charge in [-0.2, -0.15) is 4.57 Å². The molecule has 2 heterocycles. The molecule has 1 nitrogen and oxygen atoms in total. The maximum Gasteiger partial charge on any atom is 0.213 e. The summed E-state index contributed by atoms with van der Waals surface area (Å²) in [4.78, 5) is 0. The predicted octanol–water partition coefficient (Wildman–Crippen LogP) is 14.4. The average molecular weight is 723 g/mol. The zero-order valence-corrected chi connectivity index (χ0v) is 32.8. The lowest BCUT2D eigenvalue weighted by Gasteiger charge is -2.46. The maximum atomic E-state index is 2.55. The first-order valence-electron chi connectivity index (χ1n) is 20.1. The van der Waals surface area contributed by atoms with Crippen molar-refractivity contribution in [3.05, 3.63) is 200 Å². The Morgan fingerprint density at radius 1 is 0.357 bits per heavy atom. The van der Waals surface area contributed by atoms with E-state index >= 15 is 0 Å². The number of rotatable bonds is 8. The highest BCUT2D eigenvalue weighted by Gasteiger charge is 2.56. The fourth-order valence-electron chi connectivity index (χ4n) is 9.22. The largest absolute Gasteiger partial charge is 0.213 e. The smallest absolute Gasteiger partial charge is 0.192 e. The molecule has 9 rings (SSSR count). The molecule has 56 heavy (non-hydrogen) atoms. The van der Waals surface area contributed by atoms with E-state index in [9.17, 15) is 0 Å². The number of nitrogens with zero attached hydrogens (tertiary/aromatic N) is 1. The molecular formula is C55H48N+. The van der Waals surface area contributed by atoms with Crippen LogP contribution in [-0.4, -0.2) is 0 Å². The number of aromatic nitrogens is 1. The van der Waals surface area contributed by atoms with E-state index in [0.29, 0.717) is 0 Å². The van der Waals surface area contributed by atoms with Crippen LogP contribution in [0, 0.1) is 0 Å². The summed E-state index contributed by atoms with van der Waals surface area (Å²) in [6.07, 6.45) is 4.43. The minimum absolute atomic E-state index is 0.00293. The Hall–Kier alpha value is -6.31. The summed E-state index contributed by atoms with van der Waals surface area (Å²) in [7, 11) is 0. The Kier molecular flexibility index (Phi) is 9.10. The van der Waals surface area contributed by atoms with E-state index in [2.05, 4.69) is 227 Å². The van der Waals surface area contributed by atoms with Gasteiger partial charge in [0.1, 0.15) is 0 Å². The van der Waals surface area contributed by atoms with Crippen LogP contribution in [0.5, 0.6) is 0 Å². The molecule has 7 aromatic carbocycles. The van der Waals surface area contributed by atoms with Crippen molar-refractivity contribution >= 4 is 0 Å². The molecule has 0 saturated heterocycles. The van der Waals surface area contributed by atoms with Gasteiger partial charge in [0.25, 0.3) is 0 Å². The normalized spacial score (nSPS) is 17.2. The molecule has 1 heteroatoms. The molecule has 8 aromatic rings. The Labute approximate surface area is 332 Å². The number of hydrogen-bond acceptors (Lipinski definition) is 0. The molecule has 1 aromatic heterocycles. The van der Waals surface area contributed by atoms with Crippen molar-refractivity contribution in [3.8, 4) is 78.0 Å². The van der Waals surface area contributed by atoms with Crippen LogP contribution in [0.1, 0.15) is 46.1 Å². The summed E-state index contributed by atoms with van der Waals surface area (Å²) in [5.41, 5.74) is 18.6. The summed E-state index contributed by atoms with van der Waals surface area (Å²) in [6, 6.07) is 69.3. The van der Waals surface area contributed by atoms with Crippen LogP contribution < -0.4 is 4.57 Å². The molecule has 1 aliphatic rings. The van der Waals surface area contributed by atoms with Crippen molar-refractivity contribution in [2.45, 2.75) is 51.5 Å². The van der Waals surface area contributed by atoms with Crippen LogP contribution >= 0.6 is 0 Å². The molecular weight excluding hydrogens is 675 g/mol. The fourth-order valence-corrected chi connectivity index (χ4v) is 9.22. The summed E-state index contributed by atoms with van der Waals surface area (Å²) >= 11 is 0. The highest BCUT2D eigenvalue weighted by molar-refractivity contribution is 5.86. The van der Waals surface area contributed by atoms with Gasteiger partial charge < -0.3 is 0 Å². The first kappa shape index (κ1) is 35.4. The van der Waals surface area contributed by atoms with E-state index in [4.69, 9.17) is 0 Å². The molecule has 0 saturated carbocycles. The van der Waals surface area contributed by atoms with E-state index < -0.39 is 0 Å². The summed E-state index contributed by atoms with van der Waals surface area (Å²) in [6.45, 7) is 9.59. The van der Waals surface area contributed by atoms with E-state index in [1.165, 1.54) is 83.6 Å². The predicted molar refractivity (Wildman–Crippen MR) is 236 cm³/mol. The van der Waals surface area contributed by atoms with Gasteiger partial charge in [-0.3, -0.25) is 0 Å². The molecule has 0 amide bonds. The highest BCUT2D eigenvalue weighted by Crippen LogP contribution is 2.50. The van der Waals surface area contributed by atoms with Crippen LogP contribution in [0.4, 0.5) is 0 Å². The van der Waals surface area contributed by atoms with Gasteiger partial charge in [0.2, 0.25) is 5.69 Å². The van der Waals surface area contributed by atoms with E-state index in [1.54, 1.807) is 0 Å². The van der Waals surface area contributed by atoms with Crippen molar-refractivity contribution in [2.24, 2.45) is 0 Å². The Morgan fingerprint density at radius 2 is 0.750 bits per heavy atom. The molecule has 0 fully saturated rings. The number of fused-ring (bicyclic) bond motifs is 3. The molecule has 2 atom stereocenters. The second kappa shape index (κ2) is 14.4. The number of pyridine rings is 1. The van der Waals surface area contributed by atoms with Gasteiger partial charge in [-0.25, -0.2) is 0 Å². The van der Waals surface area contributed by atoms with E-state index in [0.717, 1.165) is 12.8 Å². The van der Waals surface area contributed by atoms with E-state index in [-0.39, 0.29) is 11.0 Å². The Balaban J connectivity index is 1.17.